The van der Waals surface area contributed by atoms with E-state index in [4.69, 9.17) is 0 Å². The normalized spacial score (nSPS) is 12.3. The Kier molecular flexibility index (Phi) is 3.92. The second-order valence-corrected chi connectivity index (χ2v) is 5.72. The average molecular weight is 326 g/mol. The molecule has 7 nitrogen and oxygen atoms in total. The number of nitrogens with zero attached hydrogens (tertiary/aromatic N) is 4. The maximum absolute atomic E-state index is 12.6. The first-order valence-corrected chi connectivity index (χ1v) is 7.54. The van der Waals surface area contributed by atoms with Crippen molar-refractivity contribution in [2.75, 3.05) is 7.11 Å². The van der Waals surface area contributed by atoms with Crippen molar-refractivity contribution >= 4 is 17.0 Å². The molecule has 0 fully saturated rings. The number of benzene rings is 1. The van der Waals surface area contributed by atoms with Gasteiger partial charge in [0.25, 0.3) is 5.56 Å². The highest BCUT2D eigenvalue weighted by molar-refractivity contribution is 5.77. The van der Waals surface area contributed by atoms with Crippen molar-refractivity contribution in [3.63, 3.8) is 0 Å². The first-order valence-electron chi connectivity index (χ1n) is 7.54. The van der Waals surface area contributed by atoms with Crippen LogP contribution in [-0.2, 0) is 9.53 Å². The summed E-state index contributed by atoms with van der Waals surface area (Å²) in [7, 11) is 1.29. The quantitative estimate of drug-likeness (QED) is 0.687. The van der Waals surface area contributed by atoms with Gasteiger partial charge in [-0.2, -0.15) is 5.10 Å². The molecular formula is C17H18N4O3. The van der Waals surface area contributed by atoms with Gasteiger partial charge in [0.1, 0.15) is 17.8 Å². The van der Waals surface area contributed by atoms with Gasteiger partial charge in [0.05, 0.1) is 19.0 Å². The van der Waals surface area contributed by atoms with Crippen molar-refractivity contribution < 1.29 is 9.53 Å². The van der Waals surface area contributed by atoms with Crippen LogP contribution >= 0.6 is 0 Å². The third-order valence-corrected chi connectivity index (χ3v) is 4.21. The van der Waals surface area contributed by atoms with E-state index in [0.29, 0.717) is 11.0 Å². The average Bonchev–Trinajstić information content (AvgIpc) is 3.01. The molecule has 0 N–H and O–H groups in total. The second kappa shape index (κ2) is 5.92. The Morgan fingerprint density at radius 3 is 2.67 bits per heavy atom. The minimum absolute atomic E-state index is 0.326. The molecule has 0 aliphatic heterocycles. The molecule has 0 saturated heterocycles. The Labute approximate surface area is 138 Å². The number of hydrogen-bond donors (Lipinski definition) is 0. The van der Waals surface area contributed by atoms with Gasteiger partial charge in [-0.25, -0.2) is 14.5 Å². The van der Waals surface area contributed by atoms with E-state index in [1.807, 2.05) is 32.0 Å². The monoisotopic (exact) mass is 326 g/mol. The smallest absolute Gasteiger partial charge is 0.328 e. The van der Waals surface area contributed by atoms with Gasteiger partial charge < -0.3 is 4.74 Å². The first kappa shape index (κ1) is 15.9. The van der Waals surface area contributed by atoms with E-state index in [1.54, 1.807) is 11.6 Å². The number of fused-ring (bicyclic) bond motifs is 1. The summed E-state index contributed by atoms with van der Waals surface area (Å²) in [4.78, 5) is 28.6. The molecule has 0 saturated carbocycles. The Bertz CT molecular complexity index is 987. The SMILES string of the molecule is COC(=O)[C@H](C)n1cnc2c(cnn2-c2ccc(C)c(C)c2)c1=O. The van der Waals surface area contributed by atoms with Gasteiger partial charge in [-0.3, -0.25) is 9.36 Å². The lowest BCUT2D eigenvalue weighted by Gasteiger charge is -2.12. The maximum Gasteiger partial charge on any atom is 0.328 e. The zero-order chi connectivity index (χ0) is 17.4. The Hall–Kier alpha value is -2.96. The predicted octanol–water partition coefficient (Wildman–Crippen LogP) is 1.93. The Morgan fingerprint density at radius 1 is 1.25 bits per heavy atom. The number of ether oxygens (including phenoxy) is 1. The zero-order valence-electron chi connectivity index (χ0n) is 14.0. The van der Waals surface area contributed by atoms with Crippen molar-refractivity contribution in [3.8, 4) is 5.69 Å². The molecule has 0 amide bonds. The standard InChI is InChI=1S/C17H18N4O3/c1-10-5-6-13(7-11(10)2)21-15-14(8-19-21)16(22)20(9-18-15)12(3)17(23)24-4/h5-9,12H,1-4H3/t12-/m0/s1. The minimum Gasteiger partial charge on any atom is -0.467 e. The second-order valence-electron chi connectivity index (χ2n) is 5.72. The van der Waals surface area contributed by atoms with Crippen LogP contribution in [0.4, 0.5) is 0 Å². The minimum atomic E-state index is -0.746. The number of carbonyl (C=O) groups is 1. The summed E-state index contributed by atoms with van der Waals surface area (Å²) in [5.41, 5.74) is 3.27. The molecule has 1 aromatic carbocycles. The topological polar surface area (TPSA) is 79.0 Å². The van der Waals surface area contributed by atoms with Crippen LogP contribution < -0.4 is 5.56 Å². The van der Waals surface area contributed by atoms with Crippen LogP contribution in [-0.4, -0.2) is 32.4 Å². The van der Waals surface area contributed by atoms with Gasteiger partial charge in [-0.1, -0.05) is 6.07 Å². The van der Waals surface area contributed by atoms with Crippen molar-refractivity contribution in [3.05, 3.63) is 52.2 Å². The largest absolute Gasteiger partial charge is 0.467 e. The predicted molar refractivity (Wildman–Crippen MR) is 89.3 cm³/mol. The molecule has 3 rings (SSSR count). The molecule has 0 unspecified atom stereocenters. The third kappa shape index (κ3) is 2.47. The molecule has 3 aromatic rings. The van der Waals surface area contributed by atoms with Gasteiger partial charge in [0.15, 0.2) is 5.65 Å². The summed E-state index contributed by atoms with van der Waals surface area (Å²) < 4.78 is 7.56. The Morgan fingerprint density at radius 2 is 2.00 bits per heavy atom. The fourth-order valence-corrected chi connectivity index (χ4v) is 2.53. The highest BCUT2D eigenvalue weighted by Gasteiger charge is 2.19. The molecule has 0 aliphatic rings. The fourth-order valence-electron chi connectivity index (χ4n) is 2.53. The number of aromatic nitrogens is 4. The molecule has 0 spiro atoms. The summed E-state index contributed by atoms with van der Waals surface area (Å²) in [5, 5.41) is 4.64. The van der Waals surface area contributed by atoms with Gasteiger partial charge >= 0.3 is 5.97 Å². The molecule has 0 radical (unpaired) electrons. The third-order valence-electron chi connectivity index (χ3n) is 4.21. The van der Waals surface area contributed by atoms with Crippen molar-refractivity contribution in [2.45, 2.75) is 26.8 Å². The summed E-state index contributed by atoms with van der Waals surface area (Å²) >= 11 is 0. The zero-order valence-corrected chi connectivity index (χ0v) is 14.0. The van der Waals surface area contributed by atoms with E-state index < -0.39 is 12.0 Å². The molecule has 124 valence electrons. The molecule has 1 atom stereocenters. The summed E-state index contributed by atoms with van der Waals surface area (Å²) in [6.07, 6.45) is 2.83. The molecule has 2 heterocycles. The van der Waals surface area contributed by atoms with Gasteiger partial charge in [0.2, 0.25) is 0 Å². The van der Waals surface area contributed by atoms with Crippen LogP contribution in [0.1, 0.15) is 24.1 Å². The van der Waals surface area contributed by atoms with Crippen LogP contribution in [0.5, 0.6) is 0 Å². The number of aryl methyl sites for hydroxylation is 2. The van der Waals surface area contributed by atoms with E-state index in [-0.39, 0.29) is 5.56 Å². The summed E-state index contributed by atoms with van der Waals surface area (Å²) in [5.74, 6) is -0.500. The number of hydrogen-bond acceptors (Lipinski definition) is 5. The van der Waals surface area contributed by atoms with E-state index in [9.17, 15) is 9.59 Å². The van der Waals surface area contributed by atoms with Crippen LogP contribution in [0.15, 0.2) is 35.5 Å². The van der Waals surface area contributed by atoms with E-state index in [1.165, 1.54) is 29.8 Å². The maximum atomic E-state index is 12.6. The Balaban J connectivity index is 2.15. The van der Waals surface area contributed by atoms with Crippen LogP contribution in [0.2, 0.25) is 0 Å². The van der Waals surface area contributed by atoms with Gasteiger partial charge in [-0.05, 0) is 44.0 Å². The number of methoxy groups -OCH3 is 1. The lowest BCUT2D eigenvalue weighted by atomic mass is 10.1. The van der Waals surface area contributed by atoms with Crippen LogP contribution in [0.3, 0.4) is 0 Å². The molecule has 2 aromatic heterocycles. The number of carbonyl (C=O) groups excluding carboxylic acids is 1. The van der Waals surface area contributed by atoms with Gasteiger partial charge in [0, 0.05) is 0 Å². The van der Waals surface area contributed by atoms with Crippen molar-refractivity contribution in [1.29, 1.82) is 0 Å². The van der Waals surface area contributed by atoms with E-state index in [2.05, 4.69) is 14.8 Å². The van der Waals surface area contributed by atoms with Crippen LogP contribution in [0, 0.1) is 13.8 Å². The highest BCUT2D eigenvalue weighted by atomic mass is 16.5. The molecule has 0 aliphatic carbocycles. The molecule has 24 heavy (non-hydrogen) atoms. The molecule has 0 bridgehead atoms. The number of rotatable bonds is 3. The fraction of sp³-hybridized carbons (Fsp3) is 0.294. The van der Waals surface area contributed by atoms with E-state index >= 15 is 0 Å². The molecule has 7 heteroatoms. The van der Waals surface area contributed by atoms with E-state index in [0.717, 1.165) is 11.3 Å². The number of esters is 1. The lowest BCUT2D eigenvalue weighted by molar-refractivity contribution is -0.144. The molecular weight excluding hydrogens is 308 g/mol. The first-order chi connectivity index (χ1) is 11.4. The highest BCUT2D eigenvalue weighted by Crippen LogP contribution is 2.17. The van der Waals surface area contributed by atoms with Gasteiger partial charge in [-0.15, -0.1) is 0 Å². The van der Waals surface area contributed by atoms with Crippen molar-refractivity contribution in [1.82, 2.24) is 19.3 Å². The summed E-state index contributed by atoms with van der Waals surface area (Å²) in [6, 6.07) is 5.17. The van der Waals surface area contributed by atoms with Crippen LogP contribution in [0.25, 0.3) is 16.7 Å². The lowest BCUT2D eigenvalue weighted by Crippen LogP contribution is -2.29. The summed E-state index contributed by atoms with van der Waals surface area (Å²) in [6.45, 7) is 5.64. The van der Waals surface area contributed by atoms with Crippen molar-refractivity contribution in [2.24, 2.45) is 0 Å².